The lowest BCUT2D eigenvalue weighted by Gasteiger charge is -2.28. The molecule has 0 amide bonds. The fourth-order valence-electron chi connectivity index (χ4n) is 5.16. The highest BCUT2D eigenvalue weighted by Gasteiger charge is 2.58. The molecule has 0 aliphatic rings. The van der Waals surface area contributed by atoms with E-state index in [9.17, 15) is 18.0 Å². The number of hydrogen-bond donors (Lipinski definition) is 0. The minimum absolute atomic E-state index is 0.556. The molecule has 2 nitrogen and oxygen atoms in total. The summed E-state index contributed by atoms with van der Waals surface area (Å²) in [6.07, 6.45) is -5.18. The van der Waals surface area contributed by atoms with Crippen molar-refractivity contribution in [3.05, 3.63) is 127 Å². The Balaban J connectivity index is 1.85. The number of rotatable bonds is 4. The van der Waals surface area contributed by atoms with Gasteiger partial charge in [0.1, 0.15) is 0 Å². The molecule has 6 aromatic rings. The first-order valence-corrected chi connectivity index (χ1v) is 13.7. The fourth-order valence-corrected chi connectivity index (χ4v) is 9.10. The molecule has 0 aromatic heterocycles. The van der Waals surface area contributed by atoms with E-state index in [1.54, 1.807) is 18.2 Å². The zero-order chi connectivity index (χ0) is 26.3. The van der Waals surface area contributed by atoms with Crippen LogP contribution in [0.15, 0.2) is 127 Å². The number of fused-ring (bicyclic) bond motifs is 3. The zero-order valence-electron chi connectivity index (χ0n) is 20.0. The number of benzene rings is 6. The summed E-state index contributed by atoms with van der Waals surface area (Å²) in [4.78, 5) is 12.9. The first-order chi connectivity index (χ1) is 18.4. The average molecular weight is 525 g/mol. The van der Waals surface area contributed by atoms with E-state index >= 15 is 0 Å². The lowest BCUT2D eigenvalue weighted by Crippen LogP contribution is -2.38. The van der Waals surface area contributed by atoms with Crippen LogP contribution in [0.2, 0.25) is 0 Å². The van der Waals surface area contributed by atoms with Gasteiger partial charge < -0.3 is 0 Å². The first-order valence-electron chi connectivity index (χ1n) is 12.0. The van der Waals surface area contributed by atoms with E-state index in [2.05, 4.69) is 0 Å². The summed E-state index contributed by atoms with van der Waals surface area (Å²) in [5.74, 6) is -2.21. The van der Waals surface area contributed by atoms with Gasteiger partial charge in [-0.2, -0.15) is 13.2 Å². The molecule has 0 saturated carbocycles. The maximum Gasteiger partial charge on any atom is 0.495 e. The van der Waals surface area contributed by atoms with Gasteiger partial charge in [0.2, 0.25) is 0 Å². The molecule has 0 fully saturated rings. The molecule has 38 heavy (non-hydrogen) atoms. The van der Waals surface area contributed by atoms with Crippen molar-refractivity contribution >= 4 is 61.7 Å². The lowest BCUT2D eigenvalue weighted by atomic mass is 10.1. The third kappa shape index (κ3) is 3.91. The van der Waals surface area contributed by atoms with Crippen LogP contribution in [0.4, 0.5) is 13.2 Å². The van der Waals surface area contributed by atoms with Crippen molar-refractivity contribution in [2.75, 3.05) is 0 Å². The summed E-state index contributed by atoms with van der Waals surface area (Å²) >= 11 is 0. The van der Waals surface area contributed by atoms with Crippen LogP contribution in [0.5, 0.6) is 0 Å². The summed E-state index contributed by atoms with van der Waals surface area (Å²) in [5.41, 5.74) is 0. The van der Waals surface area contributed by atoms with Gasteiger partial charge in [0.25, 0.3) is 7.49 Å². The fraction of sp³-hybridized carbons (Fsp3) is 0.0312. The Morgan fingerprint density at radius 3 is 1.16 bits per heavy atom. The Hall–Kier alpha value is -4.21. The van der Waals surface area contributed by atoms with Gasteiger partial charge in [-0.1, -0.05) is 109 Å². The topological polar surface area (TPSA) is 26.3 Å². The van der Waals surface area contributed by atoms with Crippen molar-refractivity contribution in [2.45, 2.75) is 6.18 Å². The van der Waals surface area contributed by atoms with Gasteiger partial charge in [-0.25, -0.2) is 4.79 Å². The smallest absolute Gasteiger partial charge is 0.287 e. The Bertz CT molecular complexity index is 1620. The average Bonchev–Trinajstić information content (AvgIpc) is 2.94. The summed E-state index contributed by atoms with van der Waals surface area (Å²) in [6, 6.07) is 39.1. The second kappa shape index (κ2) is 9.27. The zero-order valence-corrected chi connectivity index (χ0v) is 20.9. The van der Waals surface area contributed by atoms with E-state index in [-0.39, 0.29) is 0 Å². The summed E-state index contributed by atoms with van der Waals surface area (Å²) < 4.78 is 48.0. The minimum Gasteiger partial charge on any atom is -0.287 e. The van der Waals surface area contributed by atoms with Crippen LogP contribution >= 0.6 is 7.49 Å². The van der Waals surface area contributed by atoms with Crippen molar-refractivity contribution in [1.29, 1.82) is 0 Å². The molecule has 6 heteroatoms. The highest BCUT2D eigenvalue weighted by atomic mass is 31.2. The highest BCUT2D eigenvalue weighted by molar-refractivity contribution is 7.93. The van der Waals surface area contributed by atoms with E-state index in [4.69, 9.17) is 4.52 Å². The second-order valence-electron chi connectivity index (χ2n) is 8.98. The monoisotopic (exact) mass is 525 g/mol. The van der Waals surface area contributed by atoms with Gasteiger partial charge in [0.15, 0.2) is 15.9 Å². The Morgan fingerprint density at radius 2 is 0.816 bits per heavy atom. The quantitative estimate of drug-likeness (QED) is 0.223. The van der Waals surface area contributed by atoms with Crippen LogP contribution in [0.1, 0.15) is 0 Å². The highest BCUT2D eigenvalue weighted by Crippen LogP contribution is 2.60. The molecule has 0 atom stereocenters. The molecule has 0 bridgehead atoms. The van der Waals surface area contributed by atoms with E-state index in [1.165, 1.54) is 0 Å². The Morgan fingerprint density at radius 1 is 0.500 bits per heavy atom. The van der Waals surface area contributed by atoms with Crippen LogP contribution in [-0.2, 0) is 9.32 Å². The number of carbonyl (C=O) groups is 1. The molecule has 0 aliphatic carbocycles. The molecule has 0 saturated heterocycles. The van der Waals surface area contributed by atoms with Gasteiger partial charge in [-0.15, -0.1) is 0 Å². The number of halogens is 3. The van der Waals surface area contributed by atoms with Crippen molar-refractivity contribution < 1.29 is 22.5 Å². The van der Waals surface area contributed by atoms with Crippen LogP contribution in [0.3, 0.4) is 0 Å². The largest absolute Gasteiger partial charge is 0.495 e. The first kappa shape index (κ1) is 24.1. The molecule has 0 N–H and O–H groups in total. The molecular formula is C32H21F3O2P+. The molecule has 6 rings (SSSR count). The van der Waals surface area contributed by atoms with Crippen LogP contribution in [0, 0.1) is 0 Å². The maximum atomic E-state index is 14.0. The molecule has 0 aliphatic heterocycles. The van der Waals surface area contributed by atoms with Crippen LogP contribution in [-0.4, -0.2) is 12.1 Å². The van der Waals surface area contributed by atoms with E-state index in [0.717, 1.165) is 32.3 Å². The number of hydrogen-bond acceptors (Lipinski definition) is 2. The van der Waals surface area contributed by atoms with Gasteiger partial charge in [-0.05, 0) is 34.4 Å². The maximum absolute atomic E-state index is 14.0. The van der Waals surface area contributed by atoms with Gasteiger partial charge in [0.05, 0.1) is 0 Å². The summed E-state index contributed by atoms with van der Waals surface area (Å²) in [6.45, 7) is 0. The normalized spacial score (nSPS) is 12.2. The molecule has 6 aromatic carbocycles. The standard InChI is InChI=1S/C32H21F3O2P/c33-32(34,35)31(36)37-38(28-19-7-13-22-10-1-4-16-25(22)28,29-20-8-14-23-11-2-5-17-26(23)29)30-21-9-15-24-12-3-6-18-27(24)30/h1-21H/q+1. The minimum atomic E-state index is -5.18. The Labute approximate surface area is 217 Å². The van der Waals surface area contributed by atoms with Crippen molar-refractivity contribution in [3.63, 3.8) is 0 Å². The summed E-state index contributed by atoms with van der Waals surface area (Å²) in [5, 5.41) is 6.41. The van der Waals surface area contributed by atoms with E-state index in [1.807, 2.05) is 109 Å². The van der Waals surface area contributed by atoms with Crippen LogP contribution < -0.4 is 15.9 Å². The number of alkyl halides is 3. The van der Waals surface area contributed by atoms with E-state index in [0.29, 0.717) is 15.9 Å². The predicted molar refractivity (Wildman–Crippen MR) is 150 cm³/mol. The second-order valence-corrected chi connectivity index (χ2v) is 11.8. The number of carbonyl (C=O) groups excluding carboxylic acids is 1. The molecule has 0 heterocycles. The van der Waals surface area contributed by atoms with Gasteiger partial charge in [0, 0.05) is 16.2 Å². The van der Waals surface area contributed by atoms with E-state index < -0.39 is 19.6 Å². The Kier molecular flexibility index (Phi) is 5.89. The predicted octanol–water partition coefficient (Wildman–Crippen LogP) is 7.46. The SMILES string of the molecule is O=C(O[P+](c1cccc2ccccc12)(c1cccc2ccccc12)c1cccc2ccccc12)C(F)(F)F. The van der Waals surface area contributed by atoms with Crippen molar-refractivity contribution in [1.82, 2.24) is 0 Å². The summed E-state index contributed by atoms with van der Waals surface area (Å²) in [7, 11) is -3.71. The molecule has 0 radical (unpaired) electrons. The van der Waals surface area contributed by atoms with Crippen molar-refractivity contribution in [3.8, 4) is 0 Å². The van der Waals surface area contributed by atoms with Crippen LogP contribution in [0.25, 0.3) is 32.3 Å². The third-order valence-electron chi connectivity index (χ3n) is 6.77. The molecule has 0 spiro atoms. The molecule has 186 valence electrons. The van der Waals surface area contributed by atoms with Gasteiger partial charge in [-0.3, -0.25) is 4.52 Å². The molecule has 0 unspecified atom stereocenters. The van der Waals surface area contributed by atoms with Gasteiger partial charge >= 0.3 is 12.1 Å². The third-order valence-corrected chi connectivity index (χ3v) is 10.4. The van der Waals surface area contributed by atoms with Crippen molar-refractivity contribution in [2.24, 2.45) is 0 Å². The molecular weight excluding hydrogens is 504 g/mol. The lowest BCUT2D eigenvalue weighted by molar-refractivity contribution is -0.189.